The lowest BCUT2D eigenvalue weighted by Gasteiger charge is -2.49. The predicted molar refractivity (Wildman–Crippen MR) is 325 cm³/mol. The third kappa shape index (κ3) is 15.3. The van der Waals surface area contributed by atoms with Crippen LogP contribution in [0.2, 0.25) is 5.04 Å². The van der Waals surface area contributed by atoms with Gasteiger partial charge in [-0.15, -0.1) is 0 Å². The average Bonchev–Trinajstić information content (AvgIpc) is 1.83. The topological polar surface area (TPSA) is 119 Å². The molecule has 0 N–H and O–H groups in total. The van der Waals surface area contributed by atoms with E-state index in [2.05, 4.69) is 69.3 Å². The van der Waals surface area contributed by atoms with Crippen molar-refractivity contribution in [2.45, 2.75) is 120 Å². The quantitative estimate of drug-likeness (QED) is 0.0379. The second-order valence-electron chi connectivity index (χ2n) is 22.2. The van der Waals surface area contributed by atoms with E-state index in [0.717, 1.165) is 38.2 Å². The van der Waals surface area contributed by atoms with Gasteiger partial charge in [0.2, 0.25) is 0 Å². The molecule has 0 aliphatic carbocycles. The lowest BCUT2D eigenvalue weighted by atomic mass is 9.97. The molecule has 2 fully saturated rings. The molecule has 10 rings (SSSR count). The van der Waals surface area contributed by atoms with Crippen LogP contribution < -0.4 is 10.4 Å². The van der Waals surface area contributed by atoms with Crippen molar-refractivity contribution in [3.8, 4) is 0 Å². The fourth-order valence-corrected chi connectivity index (χ4v) is 15.8. The minimum Gasteiger partial charge on any atom is -0.450 e. The summed E-state index contributed by atoms with van der Waals surface area (Å²) in [4.78, 5) is 14.7. The monoisotopic (exact) mass is 1150 g/mol. The van der Waals surface area contributed by atoms with Gasteiger partial charge in [-0.2, -0.15) is 0 Å². The number of esters is 1. The predicted octanol–water partition coefficient (Wildman–Crippen LogP) is 11.8. The van der Waals surface area contributed by atoms with Crippen molar-refractivity contribution in [3.63, 3.8) is 0 Å². The number of rotatable bonds is 26. The van der Waals surface area contributed by atoms with Crippen LogP contribution >= 0.6 is 0 Å². The van der Waals surface area contributed by atoms with Gasteiger partial charge in [0.15, 0.2) is 18.7 Å². The highest BCUT2D eigenvalue weighted by Crippen LogP contribution is 2.39. The molecule has 0 bridgehead atoms. The molecule has 8 aromatic rings. The van der Waals surface area contributed by atoms with E-state index in [1.807, 2.05) is 170 Å². The molecule has 13 heteroatoms. The second-order valence-corrected chi connectivity index (χ2v) is 26.5. The van der Waals surface area contributed by atoms with Crippen molar-refractivity contribution in [1.29, 1.82) is 0 Å². The fraction of sp³-hybridized carbons (Fsp3) is 0.310. The van der Waals surface area contributed by atoms with Crippen molar-refractivity contribution < 1.29 is 56.6 Å². The van der Waals surface area contributed by atoms with Gasteiger partial charge in [0, 0.05) is 7.11 Å². The molecule has 84 heavy (non-hydrogen) atoms. The van der Waals surface area contributed by atoms with Gasteiger partial charge in [-0.05, 0) is 55.4 Å². The van der Waals surface area contributed by atoms with E-state index in [1.54, 1.807) is 31.4 Å². The largest absolute Gasteiger partial charge is 0.450 e. The highest BCUT2D eigenvalue weighted by Gasteiger charge is 2.56. The lowest BCUT2D eigenvalue weighted by molar-refractivity contribution is -0.345. The first-order chi connectivity index (χ1) is 41.2. The maximum absolute atomic E-state index is 14.7. The molecule has 12 nitrogen and oxygen atoms in total. The number of hydrogen-bond donors (Lipinski definition) is 0. The van der Waals surface area contributed by atoms with Gasteiger partial charge in [0.25, 0.3) is 8.32 Å². The zero-order valence-corrected chi connectivity index (χ0v) is 49.2. The molecule has 436 valence electrons. The Bertz CT molecular complexity index is 3120. The molecular weight excluding hydrogens is 1070 g/mol. The number of carbonyl (C=O) groups excluding carboxylic acids is 1. The van der Waals surface area contributed by atoms with Crippen LogP contribution in [0.15, 0.2) is 243 Å². The number of hydrogen-bond acceptors (Lipinski definition) is 12. The van der Waals surface area contributed by atoms with Crippen LogP contribution in [0.5, 0.6) is 0 Å². The molecule has 0 radical (unpaired) electrons. The van der Waals surface area contributed by atoms with Crippen molar-refractivity contribution in [1.82, 2.24) is 0 Å². The molecule has 2 aliphatic rings. The highest BCUT2D eigenvalue weighted by atomic mass is 28.4. The summed E-state index contributed by atoms with van der Waals surface area (Å²) < 4.78 is 77.1. The number of ether oxygens (including phenoxy) is 10. The van der Waals surface area contributed by atoms with Gasteiger partial charge in [-0.3, -0.25) is 0 Å². The van der Waals surface area contributed by atoms with Crippen molar-refractivity contribution in [2.75, 3.05) is 20.3 Å². The van der Waals surface area contributed by atoms with Crippen LogP contribution in [-0.2, 0) is 84.8 Å². The second kappa shape index (κ2) is 29.7. The van der Waals surface area contributed by atoms with Crippen molar-refractivity contribution >= 4 is 24.7 Å². The first-order valence-electron chi connectivity index (χ1n) is 28.9. The Labute approximate surface area is 495 Å². The molecule has 2 saturated heterocycles. The first-order valence-corrected chi connectivity index (χ1v) is 30.8. The zero-order valence-electron chi connectivity index (χ0n) is 48.2. The minimum atomic E-state index is -3.21. The maximum atomic E-state index is 14.7. The molecule has 0 aromatic heterocycles. The maximum Gasteiger partial charge on any atom is 0.338 e. The summed E-state index contributed by atoms with van der Waals surface area (Å²) in [6, 6.07) is 79.5. The zero-order chi connectivity index (χ0) is 58.0. The summed E-state index contributed by atoms with van der Waals surface area (Å²) in [6.07, 6.45) is -9.39. The van der Waals surface area contributed by atoms with Gasteiger partial charge in [-0.25, -0.2) is 4.79 Å². The van der Waals surface area contributed by atoms with Gasteiger partial charge in [0.05, 0.1) is 51.8 Å². The van der Waals surface area contributed by atoms with Crippen LogP contribution in [0.1, 0.15) is 58.9 Å². The Kier molecular flexibility index (Phi) is 21.3. The van der Waals surface area contributed by atoms with Gasteiger partial charge in [-0.1, -0.05) is 251 Å². The summed E-state index contributed by atoms with van der Waals surface area (Å²) >= 11 is 0. The average molecular weight is 1150 g/mol. The number of carbonyl (C=O) groups is 1. The Morgan fingerprint density at radius 3 is 1.08 bits per heavy atom. The van der Waals surface area contributed by atoms with E-state index < -0.39 is 75.7 Å². The van der Waals surface area contributed by atoms with Crippen LogP contribution in [0.3, 0.4) is 0 Å². The highest BCUT2D eigenvalue weighted by molar-refractivity contribution is 6.99. The van der Waals surface area contributed by atoms with Gasteiger partial charge < -0.3 is 51.8 Å². The van der Waals surface area contributed by atoms with Crippen LogP contribution in [0.25, 0.3) is 0 Å². The Hall–Kier alpha value is -6.95. The Morgan fingerprint density at radius 1 is 0.381 bits per heavy atom. The van der Waals surface area contributed by atoms with E-state index in [9.17, 15) is 4.79 Å². The summed E-state index contributed by atoms with van der Waals surface area (Å²) in [5.74, 6) is -0.597. The minimum absolute atomic E-state index is 0.0431. The first kappa shape index (κ1) is 60.2. The summed E-state index contributed by atoms with van der Waals surface area (Å²) in [7, 11) is -1.62. The number of benzene rings is 8. The molecule has 0 unspecified atom stereocenters. The fourth-order valence-electron chi connectivity index (χ4n) is 11.2. The normalized spacial score (nSPS) is 22.7. The van der Waals surface area contributed by atoms with Gasteiger partial charge >= 0.3 is 5.97 Å². The molecule has 2 aliphatic heterocycles. The molecule has 2 heterocycles. The molecule has 10 atom stereocenters. The molecule has 0 amide bonds. The number of methoxy groups -OCH3 is 1. The van der Waals surface area contributed by atoms with E-state index in [1.165, 1.54) is 0 Å². The molecule has 8 aromatic carbocycles. The van der Waals surface area contributed by atoms with Crippen LogP contribution in [0, 0.1) is 0 Å². The summed E-state index contributed by atoms with van der Waals surface area (Å²) in [6.45, 7) is 7.66. The van der Waals surface area contributed by atoms with E-state index in [0.29, 0.717) is 5.56 Å². The smallest absolute Gasteiger partial charge is 0.338 e. The molecule has 0 spiro atoms. The summed E-state index contributed by atoms with van der Waals surface area (Å²) in [5.41, 5.74) is 5.05. The van der Waals surface area contributed by atoms with Crippen LogP contribution in [0.4, 0.5) is 0 Å². The summed E-state index contributed by atoms with van der Waals surface area (Å²) in [5, 5.41) is 1.81. The standard InChI is InChI=1S/C71H76O12Si/c1-71(2,3)84(58-41-25-11-26-42-58,59-43-27-12-28-44-59)80-51-61-63(75-46-53-31-15-6-16-32-53)65(77-48-55-35-19-8-20-36-55)67(83-68(72)57-39-23-10-24-40-57)70(82-61)79-50-60-62(74-45-52-29-13-5-14-30-52)64(76-47-54-33-17-7-18-34-54)66(69(73-4)81-60)78-49-56-37-21-9-22-38-56/h5-44,60-67,69-70H,45-51H2,1-4H3/t60-,61-,62-,63-,64+,65+,66-,67-,69+,70-/m1/s1. The van der Waals surface area contributed by atoms with Gasteiger partial charge in [0.1, 0.15) is 42.7 Å². The van der Waals surface area contributed by atoms with Crippen molar-refractivity contribution in [3.05, 3.63) is 276 Å². The Morgan fingerprint density at radius 2 is 0.702 bits per heavy atom. The SMILES string of the molecule is CO[C@H]1O[C@H](CO[C@@H]2O[C@H](CO[Si](c3ccccc3)(c3ccccc3)C(C)(C)C)[C@@H](OCc3ccccc3)[C@H](OCc3ccccc3)[C@H]2OC(=O)c2ccccc2)[C@@H](OCc2ccccc2)[C@H](OCc2ccccc2)[C@H]1OCc1ccccc1. The lowest BCUT2D eigenvalue weighted by Crippen LogP contribution is -2.69. The van der Waals surface area contributed by atoms with Crippen molar-refractivity contribution in [2.24, 2.45) is 0 Å². The van der Waals surface area contributed by atoms with E-state index in [4.69, 9.17) is 51.8 Å². The van der Waals surface area contributed by atoms with E-state index >= 15 is 0 Å². The van der Waals surface area contributed by atoms with Crippen LogP contribution in [-0.4, -0.2) is 96.0 Å². The molecule has 0 saturated carbocycles. The third-order valence-electron chi connectivity index (χ3n) is 15.4. The Balaban J connectivity index is 1.06. The third-order valence-corrected chi connectivity index (χ3v) is 20.4. The van der Waals surface area contributed by atoms with E-state index in [-0.39, 0.29) is 51.3 Å². The molecular formula is C71H76O12Si.